The van der Waals surface area contributed by atoms with Gasteiger partial charge in [-0.1, -0.05) is 0 Å². The molecule has 6 rings (SSSR count). The molecule has 40 heavy (non-hydrogen) atoms. The van der Waals surface area contributed by atoms with Crippen LogP contribution < -0.4 is 4.74 Å². The number of aliphatic hydroxyl groups is 1. The summed E-state index contributed by atoms with van der Waals surface area (Å²) in [5, 5.41) is 19.1. The number of aryl methyl sites for hydroxylation is 1. The standard InChI is InChI=1S/C29H37FN8O2/c1-18(2)37-28(32-19(3)34-37)24-16-35-11-12-40-26-14-23(30)21(13-22(26)27(35)33-24)25-8-9-31-38(25)20-7-6-10-36(15-20)29(4,5)17-39/h8-9,13-14,16,18,20,39H,6-7,10-12,15,17H2,1-5H3/t20-/m0/s1. The minimum absolute atomic E-state index is 0.0678. The van der Waals surface area contributed by atoms with Crippen LogP contribution in [0.4, 0.5) is 4.39 Å². The Bertz CT molecular complexity index is 1530. The van der Waals surface area contributed by atoms with Crippen molar-refractivity contribution in [3.8, 4) is 39.9 Å². The van der Waals surface area contributed by atoms with Crippen molar-refractivity contribution in [2.45, 2.75) is 71.6 Å². The first-order chi connectivity index (χ1) is 19.2. The molecule has 0 bridgehead atoms. The molecule has 3 aromatic heterocycles. The Morgan fingerprint density at radius 2 is 1.98 bits per heavy atom. The fourth-order valence-corrected chi connectivity index (χ4v) is 5.80. The van der Waals surface area contributed by atoms with Crippen LogP contribution in [-0.4, -0.2) is 75.9 Å². The molecule has 0 radical (unpaired) electrons. The smallest absolute Gasteiger partial charge is 0.178 e. The maximum Gasteiger partial charge on any atom is 0.178 e. The average molecular weight is 549 g/mol. The second kappa shape index (κ2) is 10.1. The van der Waals surface area contributed by atoms with Crippen molar-refractivity contribution in [1.29, 1.82) is 0 Å². The van der Waals surface area contributed by atoms with Gasteiger partial charge >= 0.3 is 0 Å². The maximum atomic E-state index is 15.7. The van der Waals surface area contributed by atoms with E-state index in [1.807, 2.05) is 53.0 Å². The van der Waals surface area contributed by atoms with Gasteiger partial charge in [0.2, 0.25) is 0 Å². The molecule has 1 aromatic carbocycles. The lowest BCUT2D eigenvalue weighted by molar-refractivity contribution is 0.0246. The zero-order valence-corrected chi connectivity index (χ0v) is 23.8. The highest BCUT2D eigenvalue weighted by Gasteiger charge is 2.33. The first-order valence-electron chi connectivity index (χ1n) is 14.0. The molecule has 212 valence electrons. The summed E-state index contributed by atoms with van der Waals surface area (Å²) in [5.41, 5.74) is 2.30. The zero-order chi connectivity index (χ0) is 28.2. The molecule has 1 saturated heterocycles. The van der Waals surface area contributed by atoms with E-state index in [1.54, 1.807) is 6.20 Å². The molecule has 10 nitrogen and oxygen atoms in total. The molecular formula is C29H37FN8O2. The van der Waals surface area contributed by atoms with Gasteiger partial charge < -0.3 is 14.4 Å². The van der Waals surface area contributed by atoms with E-state index in [0.29, 0.717) is 47.6 Å². The van der Waals surface area contributed by atoms with Crippen LogP contribution in [0.1, 0.15) is 58.4 Å². The van der Waals surface area contributed by atoms with Crippen LogP contribution in [0.3, 0.4) is 0 Å². The fraction of sp³-hybridized carbons (Fsp3) is 0.517. The third kappa shape index (κ3) is 4.60. The highest BCUT2D eigenvalue weighted by molar-refractivity contribution is 5.75. The highest BCUT2D eigenvalue weighted by Crippen LogP contribution is 2.40. The summed E-state index contributed by atoms with van der Waals surface area (Å²) in [4.78, 5) is 11.9. The van der Waals surface area contributed by atoms with Crippen molar-refractivity contribution in [3.63, 3.8) is 0 Å². The summed E-state index contributed by atoms with van der Waals surface area (Å²) in [7, 11) is 0. The number of piperidine rings is 1. The molecule has 0 amide bonds. The highest BCUT2D eigenvalue weighted by atomic mass is 19.1. The van der Waals surface area contributed by atoms with E-state index >= 15 is 4.39 Å². The molecule has 0 saturated carbocycles. The van der Waals surface area contributed by atoms with E-state index in [0.717, 1.165) is 37.2 Å². The SMILES string of the molecule is Cc1nc(-c2cn3c(n2)-c2cc(-c4ccnn4[C@H]4CCCN(C(C)(C)CO)C4)c(F)cc2OCC3)n(C(C)C)n1. The van der Waals surface area contributed by atoms with Crippen LogP contribution in [0.5, 0.6) is 5.75 Å². The van der Waals surface area contributed by atoms with Crippen molar-refractivity contribution in [2.24, 2.45) is 0 Å². The van der Waals surface area contributed by atoms with Gasteiger partial charge in [0.15, 0.2) is 5.82 Å². The second-order valence-corrected chi connectivity index (χ2v) is 11.7. The van der Waals surface area contributed by atoms with E-state index < -0.39 is 0 Å². The first kappa shape index (κ1) is 26.6. The minimum Gasteiger partial charge on any atom is -0.491 e. The van der Waals surface area contributed by atoms with Gasteiger partial charge in [0.1, 0.15) is 35.5 Å². The molecule has 0 aliphatic carbocycles. The number of aliphatic hydroxyl groups excluding tert-OH is 1. The Morgan fingerprint density at radius 1 is 1.15 bits per heavy atom. The van der Waals surface area contributed by atoms with Gasteiger partial charge in [0, 0.05) is 42.1 Å². The molecule has 4 aromatic rings. The molecule has 1 N–H and O–H groups in total. The number of hydrogen-bond acceptors (Lipinski definition) is 7. The molecular weight excluding hydrogens is 511 g/mol. The number of ether oxygens (including phenoxy) is 1. The molecule has 2 aliphatic heterocycles. The molecule has 5 heterocycles. The summed E-state index contributed by atoms with van der Waals surface area (Å²) < 4.78 is 27.6. The topological polar surface area (TPSA) is 99.0 Å². The monoisotopic (exact) mass is 548 g/mol. The Kier molecular flexibility index (Phi) is 6.74. The van der Waals surface area contributed by atoms with Gasteiger partial charge in [-0.3, -0.25) is 9.58 Å². The maximum absolute atomic E-state index is 15.7. The molecule has 1 atom stereocenters. The van der Waals surface area contributed by atoms with Crippen LogP contribution in [-0.2, 0) is 6.54 Å². The summed E-state index contributed by atoms with van der Waals surface area (Å²) in [6, 6.07) is 5.37. The Labute approximate surface area is 233 Å². The number of aromatic nitrogens is 7. The number of imidazole rings is 1. The number of likely N-dealkylation sites (tertiary alicyclic amines) is 1. The van der Waals surface area contributed by atoms with Crippen LogP contribution >= 0.6 is 0 Å². The van der Waals surface area contributed by atoms with E-state index in [1.165, 1.54) is 6.07 Å². The van der Waals surface area contributed by atoms with Crippen LogP contribution in [0.2, 0.25) is 0 Å². The lowest BCUT2D eigenvalue weighted by Crippen LogP contribution is -2.51. The van der Waals surface area contributed by atoms with Crippen LogP contribution in [0, 0.1) is 12.7 Å². The zero-order valence-electron chi connectivity index (χ0n) is 23.8. The van der Waals surface area contributed by atoms with Crippen molar-refractivity contribution in [3.05, 3.63) is 42.2 Å². The Hall–Kier alpha value is -3.57. The van der Waals surface area contributed by atoms with Crippen LogP contribution in [0.25, 0.3) is 34.2 Å². The quantitative estimate of drug-likeness (QED) is 0.379. The first-order valence-corrected chi connectivity index (χ1v) is 14.0. The number of hydrogen-bond donors (Lipinski definition) is 1. The molecule has 0 spiro atoms. The number of fused-ring (bicyclic) bond motifs is 3. The lowest BCUT2D eigenvalue weighted by Gasteiger charge is -2.42. The van der Waals surface area contributed by atoms with E-state index in [9.17, 15) is 5.11 Å². The fourth-order valence-electron chi connectivity index (χ4n) is 5.80. The van der Waals surface area contributed by atoms with Gasteiger partial charge in [0.05, 0.1) is 30.5 Å². The number of benzene rings is 1. The van der Waals surface area contributed by atoms with E-state index in [2.05, 4.69) is 33.9 Å². The van der Waals surface area contributed by atoms with E-state index in [4.69, 9.17) is 9.72 Å². The number of nitrogens with zero attached hydrogens (tertiary/aromatic N) is 8. The normalized spacial score (nSPS) is 17.9. The Balaban J connectivity index is 1.41. The van der Waals surface area contributed by atoms with Gasteiger partial charge in [-0.25, -0.2) is 19.0 Å². The van der Waals surface area contributed by atoms with Crippen LogP contribution in [0.15, 0.2) is 30.6 Å². The van der Waals surface area contributed by atoms with Gasteiger partial charge in [-0.2, -0.15) is 10.2 Å². The number of rotatable bonds is 6. The molecule has 11 heteroatoms. The second-order valence-electron chi connectivity index (χ2n) is 11.7. The summed E-state index contributed by atoms with van der Waals surface area (Å²) >= 11 is 0. The molecule has 0 unspecified atom stereocenters. The van der Waals surface area contributed by atoms with Crippen molar-refractivity contribution in [1.82, 2.24) is 39.0 Å². The van der Waals surface area contributed by atoms with Gasteiger partial charge in [-0.15, -0.1) is 0 Å². The summed E-state index contributed by atoms with van der Waals surface area (Å²) in [5.74, 6) is 2.22. The van der Waals surface area contributed by atoms with Crippen molar-refractivity contribution >= 4 is 0 Å². The third-order valence-electron chi connectivity index (χ3n) is 8.06. The predicted molar refractivity (Wildman–Crippen MR) is 149 cm³/mol. The summed E-state index contributed by atoms with van der Waals surface area (Å²) in [6.07, 6.45) is 5.62. The predicted octanol–water partition coefficient (Wildman–Crippen LogP) is 4.50. The van der Waals surface area contributed by atoms with Crippen molar-refractivity contribution < 1.29 is 14.2 Å². The van der Waals surface area contributed by atoms with Gasteiger partial charge in [-0.05, 0) is 66.1 Å². The molecule has 1 fully saturated rings. The summed E-state index contributed by atoms with van der Waals surface area (Å²) in [6.45, 7) is 12.8. The third-order valence-corrected chi connectivity index (χ3v) is 8.06. The van der Waals surface area contributed by atoms with Gasteiger partial charge in [0.25, 0.3) is 0 Å². The van der Waals surface area contributed by atoms with Crippen molar-refractivity contribution in [2.75, 3.05) is 26.3 Å². The van der Waals surface area contributed by atoms with E-state index in [-0.39, 0.29) is 30.0 Å². The lowest BCUT2D eigenvalue weighted by atomic mass is 9.96. The Morgan fingerprint density at radius 3 is 2.75 bits per heavy atom. The average Bonchev–Trinajstić information content (AvgIpc) is 3.65. The number of halogens is 1. The minimum atomic E-state index is -0.362. The largest absolute Gasteiger partial charge is 0.491 e. The molecule has 2 aliphatic rings.